The van der Waals surface area contributed by atoms with E-state index < -0.39 is 0 Å². The van der Waals surface area contributed by atoms with Gasteiger partial charge in [0.05, 0.1) is 19.4 Å². The molecule has 182 valence electrons. The Bertz CT molecular complexity index is 1630. The van der Waals surface area contributed by atoms with E-state index >= 15 is 0 Å². The summed E-state index contributed by atoms with van der Waals surface area (Å²) in [7, 11) is 1.59. The normalized spacial score (nSPS) is 11.2. The van der Waals surface area contributed by atoms with Crippen LogP contribution < -0.4 is 15.6 Å². The number of hydrogen-bond acceptors (Lipinski definition) is 6. The van der Waals surface area contributed by atoms with Crippen LogP contribution in [0.1, 0.15) is 16.7 Å². The van der Waals surface area contributed by atoms with Crippen LogP contribution in [-0.4, -0.2) is 28.3 Å². The summed E-state index contributed by atoms with van der Waals surface area (Å²) < 4.78 is 12.9. The van der Waals surface area contributed by atoms with E-state index in [1.165, 1.54) is 16.3 Å². The minimum atomic E-state index is -0.306. The zero-order chi connectivity index (χ0) is 25.2. The molecule has 36 heavy (non-hydrogen) atoms. The van der Waals surface area contributed by atoms with Crippen molar-refractivity contribution < 1.29 is 13.9 Å². The quantitative estimate of drug-likeness (QED) is 0.234. The summed E-state index contributed by atoms with van der Waals surface area (Å²) in [6.45, 7) is 4.20. The van der Waals surface area contributed by atoms with Crippen LogP contribution in [0.25, 0.3) is 22.1 Å². The smallest absolute Gasteiger partial charge is 0.298 e. The van der Waals surface area contributed by atoms with Crippen molar-refractivity contribution >= 4 is 45.4 Å². The minimum absolute atomic E-state index is 0.0899. The molecule has 0 radical (unpaired) electrons. The molecule has 0 spiro atoms. The number of rotatable bonds is 7. The van der Waals surface area contributed by atoms with E-state index in [0.29, 0.717) is 22.0 Å². The van der Waals surface area contributed by atoms with Crippen molar-refractivity contribution in [2.24, 2.45) is 0 Å². The van der Waals surface area contributed by atoms with E-state index in [2.05, 4.69) is 11.4 Å². The first-order valence-corrected chi connectivity index (χ1v) is 12.5. The molecule has 5 rings (SSSR count). The van der Waals surface area contributed by atoms with Crippen LogP contribution in [-0.2, 0) is 11.3 Å². The van der Waals surface area contributed by atoms with E-state index in [4.69, 9.17) is 14.1 Å². The van der Waals surface area contributed by atoms with Gasteiger partial charge in [-0.25, -0.2) is 4.98 Å². The van der Waals surface area contributed by atoms with Crippen molar-refractivity contribution in [2.75, 3.05) is 18.2 Å². The summed E-state index contributed by atoms with van der Waals surface area (Å²) in [4.78, 5) is 31.2. The van der Waals surface area contributed by atoms with Crippen LogP contribution >= 0.6 is 11.8 Å². The molecule has 1 N–H and O–H groups in total. The Morgan fingerprint density at radius 1 is 1.06 bits per heavy atom. The van der Waals surface area contributed by atoms with Gasteiger partial charge in [-0.2, -0.15) is 0 Å². The predicted molar refractivity (Wildman–Crippen MR) is 143 cm³/mol. The number of carbonyl (C=O) groups is 1. The maximum absolute atomic E-state index is 13.6. The molecule has 3 aromatic carbocycles. The van der Waals surface area contributed by atoms with Crippen molar-refractivity contribution in [3.05, 3.63) is 93.8 Å². The number of anilines is 1. The number of nitrogens with one attached hydrogen (secondary N) is 1. The molecule has 2 aromatic heterocycles. The molecule has 8 heteroatoms. The van der Waals surface area contributed by atoms with Crippen molar-refractivity contribution in [3.63, 3.8) is 0 Å². The fourth-order valence-electron chi connectivity index (χ4n) is 4.28. The van der Waals surface area contributed by atoms with Crippen LogP contribution in [0.15, 0.2) is 81.1 Å². The van der Waals surface area contributed by atoms with Gasteiger partial charge in [0, 0.05) is 16.6 Å². The number of hydrogen-bond donors (Lipinski definition) is 1. The van der Waals surface area contributed by atoms with Crippen molar-refractivity contribution in [2.45, 2.75) is 25.5 Å². The van der Waals surface area contributed by atoms with Gasteiger partial charge in [-0.15, -0.1) is 0 Å². The number of ether oxygens (including phenoxy) is 1. The second kappa shape index (κ2) is 9.91. The van der Waals surface area contributed by atoms with E-state index in [-0.39, 0.29) is 29.3 Å². The molecule has 0 saturated heterocycles. The number of fused-ring (bicyclic) bond motifs is 3. The molecule has 0 saturated carbocycles. The lowest BCUT2D eigenvalue weighted by atomic mass is 10.1. The molecule has 7 nitrogen and oxygen atoms in total. The van der Waals surface area contributed by atoms with E-state index in [1.807, 2.05) is 74.5 Å². The highest BCUT2D eigenvalue weighted by Gasteiger charge is 2.20. The van der Waals surface area contributed by atoms with Gasteiger partial charge in [0.1, 0.15) is 16.8 Å². The molecule has 0 fully saturated rings. The summed E-state index contributed by atoms with van der Waals surface area (Å²) >= 11 is 1.21. The Balaban J connectivity index is 1.52. The van der Waals surface area contributed by atoms with Gasteiger partial charge in [0.15, 0.2) is 5.16 Å². The van der Waals surface area contributed by atoms with Crippen molar-refractivity contribution in [3.8, 4) is 5.75 Å². The molecule has 2 heterocycles. The summed E-state index contributed by atoms with van der Waals surface area (Å²) in [5, 5.41) is 4.14. The number of benzene rings is 3. The molecule has 0 aliphatic carbocycles. The fourth-order valence-corrected chi connectivity index (χ4v) is 5.07. The molecule has 0 aliphatic heterocycles. The topological polar surface area (TPSA) is 86.4 Å². The second-order valence-corrected chi connectivity index (χ2v) is 9.53. The van der Waals surface area contributed by atoms with Gasteiger partial charge in [0.25, 0.3) is 5.56 Å². The molecular weight excluding hydrogens is 474 g/mol. The van der Waals surface area contributed by atoms with Crippen molar-refractivity contribution in [1.82, 2.24) is 9.55 Å². The van der Waals surface area contributed by atoms with E-state index in [0.717, 1.165) is 27.8 Å². The Kier molecular flexibility index (Phi) is 6.52. The SMILES string of the molecule is COc1ccccc1Cn1c(SCC(=O)Nc2cc(C)cc(C)c2)nc2c(oc3ccccc32)c1=O. The molecule has 0 aliphatic rings. The third-order valence-corrected chi connectivity index (χ3v) is 6.78. The number of carbonyl (C=O) groups excluding carboxylic acids is 1. The summed E-state index contributed by atoms with van der Waals surface area (Å²) in [6, 6.07) is 20.8. The number of nitrogens with zero attached hydrogens (tertiary/aromatic N) is 2. The van der Waals surface area contributed by atoms with Crippen LogP contribution in [0.5, 0.6) is 5.75 Å². The van der Waals surface area contributed by atoms with Gasteiger partial charge in [-0.05, 0) is 55.3 Å². The zero-order valence-corrected chi connectivity index (χ0v) is 21.0. The number of methoxy groups -OCH3 is 1. The average Bonchev–Trinajstić information content (AvgIpc) is 3.23. The lowest BCUT2D eigenvalue weighted by molar-refractivity contribution is -0.113. The first-order chi connectivity index (χ1) is 17.4. The molecular formula is C28H25N3O4S. The Hall–Kier alpha value is -4.04. The van der Waals surface area contributed by atoms with Crippen LogP contribution in [0, 0.1) is 13.8 Å². The fraction of sp³-hybridized carbons (Fsp3) is 0.179. The minimum Gasteiger partial charge on any atom is -0.496 e. The predicted octanol–water partition coefficient (Wildman–Crippen LogP) is 5.55. The number of para-hydroxylation sites is 2. The highest BCUT2D eigenvalue weighted by Crippen LogP contribution is 2.28. The molecule has 0 unspecified atom stereocenters. The molecule has 5 aromatic rings. The highest BCUT2D eigenvalue weighted by molar-refractivity contribution is 7.99. The highest BCUT2D eigenvalue weighted by atomic mass is 32.2. The number of aromatic nitrogens is 2. The lowest BCUT2D eigenvalue weighted by Crippen LogP contribution is -2.24. The van der Waals surface area contributed by atoms with E-state index in [9.17, 15) is 9.59 Å². The van der Waals surface area contributed by atoms with Gasteiger partial charge in [0.2, 0.25) is 11.5 Å². The van der Waals surface area contributed by atoms with Crippen molar-refractivity contribution in [1.29, 1.82) is 0 Å². The Morgan fingerprint density at radius 3 is 2.56 bits per heavy atom. The maximum atomic E-state index is 13.6. The van der Waals surface area contributed by atoms with Gasteiger partial charge in [-0.1, -0.05) is 48.2 Å². The third kappa shape index (κ3) is 4.72. The van der Waals surface area contributed by atoms with Crippen LogP contribution in [0.2, 0.25) is 0 Å². The zero-order valence-electron chi connectivity index (χ0n) is 20.2. The van der Waals surface area contributed by atoms with Gasteiger partial charge >= 0.3 is 0 Å². The first-order valence-electron chi connectivity index (χ1n) is 11.5. The van der Waals surface area contributed by atoms with Crippen LogP contribution in [0.4, 0.5) is 5.69 Å². The standard InChI is InChI=1S/C28H25N3O4S/c1-17-12-18(2)14-20(13-17)29-24(32)16-36-28-30-25-21-9-5-7-11-23(21)35-26(25)27(33)31(28)15-19-8-4-6-10-22(19)34-3/h4-14H,15-16H2,1-3H3,(H,29,32). The second-order valence-electron chi connectivity index (χ2n) is 8.59. The van der Waals surface area contributed by atoms with Crippen LogP contribution in [0.3, 0.4) is 0 Å². The summed E-state index contributed by atoms with van der Waals surface area (Å²) in [5.74, 6) is 0.574. The Morgan fingerprint density at radius 2 is 1.78 bits per heavy atom. The average molecular weight is 500 g/mol. The number of thioether (sulfide) groups is 1. The summed E-state index contributed by atoms with van der Waals surface area (Å²) in [5.41, 5.74) is 4.67. The largest absolute Gasteiger partial charge is 0.496 e. The number of aryl methyl sites for hydroxylation is 2. The molecule has 1 amide bonds. The number of furan rings is 1. The molecule has 0 atom stereocenters. The first kappa shape index (κ1) is 23.7. The lowest BCUT2D eigenvalue weighted by Gasteiger charge is -2.14. The summed E-state index contributed by atoms with van der Waals surface area (Å²) in [6.07, 6.45) is 0. The third-order valence-electron chi connectivity index (χ3n) is 5.81. The monoisotopic (exact) mass is 499 g/mol. The van der Waals surface area contributed by atoms with E-state index in [1.54, 1.807) is 7.11 Å². The van der Waals surface area contributed by atoms with Gasteiger partial charge in [-0.3, -0.25) is 14.2 Å². The van der Waals surface area contributed by atoms with Gasteiger partial charge < -0.3 is 14.5 Å². The molecule has 0 bridgehead atoms. The Labute approximate surface area is 212 Å². The number of amides is 1. The maximum Gasteiger partial charge on any atom is 0.298 e.